The van der Waals surface area contributed by atoms with E-state index in [2.05, 4.69) is 13.0 Å². The Hall–Kier alpha value is -0.720. The van der Waals surface area contributed by atoms with Crippen LogP contribution in [0.1, 0.15) is 64.7 Å². The molecule has 30 heavy (non-hydrogen) atoms. The lowest BCUT2D eigenvalue weighted by Gasteiger charge is -2.60. The lowest BCUT2D eigenvalue weighted by molar-refractivity contribution is -0.318. The van der Waals surface area contributed by atoms with Crippen LogP contribution in [0.2, 0.25) is 0 Å². The van der Waals surface area contributed by atoms with Gasteiger partial charge in [-0.2, -0.15) is 0 Å². The fourth-order valence-corrected chi connectivity index (χ4v) is 8.66. The number of ether oxygens (including phenoxy) is 4. The average molecular weight is 415 g/mol. The van der Waals surface area contributed by atoms with Crippen LogP contribution in [0.25, 0.3) is 0 Å². The fourth-order valence-electron chi connectivity index (χ4n) is 8.66. The first-order valence-corrected chi connectivity index (χ1v) is 12.2. The Morgan fingerprint density at radius 1 is 1.00 bits per heavy atom. The molecule has 3 aliphatic heterocycles. The molecule has 4 unspecified atom stereocenters. The van der Waals surface area contributed by atoms with Crippen molar-refractivity contribution in [2.45, 2.75) is 87.8 Å². The van der Waals surface area contributed by atoms with E-state index in [1.54, 1.807) is 16.7 Å². The molecule has 1 spiro atoms. The number of aliphatic hydroxyl groups is 1. The molecular weight excluding hydrogens is 380 g/mol. The Balaban J connectivity index is 1.23. The molecular formula is C25H34O5. The fraction of sp³-hybridized carbons (Fsp3) is 0.840. The molecule has 0 aromatic rings. The summed E-state index contributed by atoms with van der Waals surface area (Å²) in [6, 6.07) is 0. The van der Waals surface area contributed by atoms with Crippen molar-refractivity contribution in [2.24, 2.45) is 17.3 Å². The van der Waals surface area contributed by atoms with Crippen LogP contribution in [0, 0.1) is 17.3 Å². The summed E-state index contributed by atoms with van der Waals surface area (Å²) in [5.41, 5.74) is 3.42. The van der Waals surface area contributed by atoms with E-state index in [4.69, 9.17) is 18.9 Å². The summed E-state index contributed by atoms with van der Waals surface area (Å²) < 4.78 is 24.2. The van der Waals surface area contributed by atoms with Gasteiger partial charge < -0.3 is 24.1 Å². The smallest absolute Gasteiger partial charge is 0.172 e. The van der Waals surface area contributed by atoms with E-state index in [1.807, 2.05) is 0 Å². The van der Waals surface area contributed by atoms with Gasteiger partial charge in [0.25, 0.3) is 0 Å². The van der Waals surface area contributed by atoms with Crippen LogP contribution in [0.15, 0.2) is 22.8 Å². The molecule has 4 aliphatic carbocycles. The van der Waals surface area contributed by atoms with Gasteiger partial charge in [-0.3, -0.25) is 0 Å². The maximum Gasteiger partial charge on any atom is 0.172 e. The topological polar surface area (TPSA) is 57.2 Å². The molecule has 0 aromatic heterocycles. The first-order valence-electron chi connectivity index (χ1n) is 12.2. The Bertz CT molecular complexity index is 840. The minimum absolute atomic E-state index is 0.0880. The number of rotatable bonds is 1. The highest BCUT2D eigenvalue weighted by atomic mass is 16.7. The number of allylic oxidation sites excluding steroid dienone is 3. The van der Waals surface area contributed by atoms with Crippen LogP contribution >= 0.6 is 0 Å². The Morgan fingerprint density at radius 2 is 1.87 bits per heavy atom. The van der Waals surface area contributed by atoms with Gasteiger partial charge in [0.15, 0.2) is 5.79 Å². The van der Waals surface area contributed by atoms with Crippen LogP contribution in [0.4, 0.5) is 0 Å². The van der Waals surface area contributed by atoms with Crippen molar-refractivity contribution < 1.29 is 24.1 Å². The second kappa shape index (κ2) is 5.99. The lowest BCUT2D eigenvalue weighted by Crippen LogP contribution is -2.74. The zero-order valence-corrected chi connectivity index (χ0v) is 18.1. The molecule has 164 valence electrons. The van der Waals surface area contributed by atoms with E-state index < -0.39 is 11.2 Å². The lowest BCUT2D eigenvalue weighted by atomic mass is 9.53. The van der Waals surface area contributed by atoms with E-state index in [0.717, 1.165) is 71.2 Å². The Kier molecular flexibility index (Phi) is 3.76. The molecule has 7 rings (SSSR count). The second-order valence-corrected chi connectivity index (χ2v) is 11.1. The highest BCUT2D eigenvalue weighted by molar-refractivity contribution is 5.45. The molecule has 0 bridgehead atoms. The van der Waals surface area contributed by atoms with E-state index in [-0.39, 0.29) is 17.3 Å². The highest BCUT2D eigenvalue weighted by Crippen LogP contribution is 2.68. The maximum absolute atomic E-state index is 12.2. The van der Waals surface area contributed by atoms with Crippen molar-refractivity contribution in [3.05, 3.63) is 22.8 Å². The number of fused-ring (bicyclic) bond motifs is 5. The summed E-state index contributed by atoms with van der Waals surface area (Å²) >= 11 is 0. The number of hydrogen-bond donors (Lipinski definition) is 1. The second-order valence-electron chi connectivity index (χ2n) is 11.1. The van der Waals surface area contributed by atoms with Gasteiger partial charge in [-0.15, -0.1) is 0 Å². The molecule has 5 heteroatoms. The van der Waals surface area contributed by atoms with Gasteiger partial charge in [-0.25, -0.2) is 0 Å². The van der Waals surface area contributed by atoms with Crippen molar-refractivity contribution in [1.82, 2.24) is 0 Å². The first-order chi connectivity index (χ1) is 14.5. The average Bonchev–Trinajstić information content (AvgIpc) is 3.38. The van der Waals surface area contributed by atoms with E-state index in [0.29, 0.717) is 18.4 Å². The largest absolute Gasteiger partial charge is 0.386 e. The summed E-state index contributed by atoms with van der Waals surface area (Å²) in [5, 5.41) is 12.2. The van der Waals surface area contributed by atoms with Gasteiger partial charge in [0, 0.05) is 24.7 Å². The van der Waals surface area contributed by atoms with E-state index in [9.17, 15) is 5.11 Å². The molecule has 0 amide bonds. The van der Waals surface area contributed by atoms with Gasteiger partial charge in [-0.05, 0) is 61.5 Å². The monoisotopic (exact) mass is 414 g/mol. The van der Waals surface area contributed by atoms with Gasteiger partial charge >= 0.3 is 0 Å². The Morgan fingerprint density at radius 3 is 2.63 bits per heavy atom. The van der Waals surface area contributed by atoms with Crippen molar-refractivity contribution in [1.29, 1.82) is 0 Å². The molecule has 5 nitrogen and oxygen atoms in total. The molecule has 1 saturated carbocycles. The minimum Gasteiger partial charge on any atom is -0.386 e. The summed E-state index contributed by atoms with van der Waals surface area (Å²) in [6.07, 6.45) is 11.8. The molecule has 7 aliphatic rings. The molecule has 3 saturated heterocycles. The van der Waals surface area contributed by atoms with Crippen LogP contribution in [-0.4, -0.2) is 54.6 Å². The first kappa shape index (κ1) is 18.8. The van der Waals surface area contributed by atoms with Crippen LogP contribution < -0.4 is 0 Å². The van der Waals surface area contributed by atoms with Crippen molar-refractivity contribution in [3.63, 3.8) is 0 Å². The third-order valence-corrected chi connectivity index (χ3v) is 10.3. The number of hydrogen-bond acceptors (Lipinski definition) is 5. The van der Waals surface area contributed by atoms with E-state index >= 15 is 0 Å². The maximum atomic E-state index is 12.2. The third-order valence-electron chi connectivity index (χ3n) is 10.3. The Labute approximate surface area is 178 Å². The zero-order valence-electron chi connectivity index (χ0n) is 18.1. The summed E-state index contributed by atoms with van der Waals surface area (Å²) in [5.74, 6) is 0.779. The van der Waals surface area contributed by atoms with Crippen molar-refractivity contribution in [3.8, 4) is 0 Å². The zero-order chi connectivity index (χ0) is 20.2. The van der Waals surface area contributed by atoms with E-state index in [1.165, 1.54) is 6.42 Å². The summed E-state index contributed by atoms with van der Waals surface area (Å²) in [6.45, 7) is 5.11. The van der Waals surface area contributed by atoms with Crippen LogP contribution in [0.5, 0.6) is 0 Å². The molecule has 6 atom stereocenters. The highest BCUT2D eigenvalue weighted by Gasteiger charge is 2.74. The molecule has 3 heterocycles. The SMILES string of the molecule is C[C@]12CC=C3C4=C(CCC3C1CC[C@]2(O)C12COC1CCO2)CC1(CC4)OCCO1. The van der Waals surface area contributed by atoms with Crippen molar-refractivity contribution in [2.75, 3.05) is 26.4 Å². The summed E-state index contributed by atoms with van der Waals surface area (Å²) in [4.78, 5) is 0. The standard InChI is InChI=1S/C25H34O5/c1-22-8-4-18-17-5-9-23(28-12-13-29-23)14-16(17)2-3-19(18)20(22)6-10-25(22,26)24-15-27-21(24)7-11-30-24/h4,19-21,26H,2-3,5-15H2,1H3/t19?,20?,21?,22-,24?,25+/m0/s1. The van der Waals surface area contributed by atoms with Crippen LogP contribution in [-0.2, 0) is 18.9 Å². The molecule has 4 fully saturated rings. The molecule has 0 aromatic carbocycles. The van der Waals surface area contributed by atoms with Gasteiger partial charge in [0.1, 0.15) is 11.2 Å². The normalized spacial score (nSPS) is 51.1. The molecule has 0 radical (unpaired) electrons. The summed E-state index contributed by atoms with van der Waals surface area (Å²) in [7, 11) is 0. The van der Waals surface area contributed by atoms with Crippen molar-refractivity contribution >= 4 is 0 Å². The molecule has 1 N–H and O–H groups in total. The van der Waals surface area contributed by atoms with Gasteiger partial charge in [-0.1, -0.05) is 18.6 Å². The third kappa shape index (κ3) is 2.08. The van der Waals surface area contributed by atoms with Gasteiger partial charge in [0.2, 0.25) is 0 Å². The predicted octanol–water partition coefficient (Wildman–Crippen LogP) is 3.66. The van der Waals surface area contributed by atoms with Crippen LogP contribution in [0.3, 0.4) is 0 Å². The quantitative estimate of drug-likeness (QED) is 0.710. The minimum atomic E-state index is -0.775. The predicted molar refractivity (Wildman–Crippen MR) is 110 cm³/mol. The van der Waals surface area contributed by atoms with Gasteiger partial charge in [0.05, 0.1) is 32.5 Å².